The first-order valence-corrected chi connectivity index (χ1v) is 8.63. The predicted octanol–water partition coefficient (Wildman–Crippen LogP) is 1.54. The molecule has 1 aliphatic heterocycles. The molecule has 0 bridgehead atoms. The number of nitrogens with two attached hydrogens (primary N) is 1. The molecule has 2 atom stereocenters. The first-order valence-electron chi connectivity index (χ1n) is 8.63. The molecule has 1 aliphatic rings. The monoisotopic (exact) mass is 357 g/mol. The molecule has 0 aliphatic carbocycles. The Balaban J connectivity index is 1.72. The van der Waals surface area contributed by atoms with Gasteiger partial charge in [-0.25, -0.2) is 15.0 Å². The Morgan fingerprint density at radius 3 is 2.96 bits per heavy atom. The zero-order chi connectivity index (χ0) is 18.5. The molecule has 0 saturated carbocycles. The molecule has 2 aromatic rings. The van der Waals surface area contributed by atoms with Gasteiger partial charge < -0.3 is 20.5 Å². The third-order valence-electron chi connectivity index (χ3n) is 4.12. The normalized spacial score (nSPS) is 20.0. The number of carbonyl (C=O) groups excluding carboxylic acids is 1. The average Bonchev–Trinajstić information content (AvgIpc) is 2.63. The summed E-state index contributed by atoms with van der Waals surface area (Å²) in [6.07, 6.45) is 1.97. The van der Waals surface area contributed by atoms with Crippen LogP contribution in [-0.4, -0.2) is 46.2 Å². The van der Waals surface area contributed by atoms with Crippen LogP contribution in [0.25, 0.3) is 0 Å². The van der Waals surface area contributed by atoms with Crippen LogP contribution in [0.4, 0.5) is 5.95 Å². The van der Waals surface area contributed by atoms with Crippen molar-refractivity contribution in [2.75, 3.05) is 18.9 Å². The molecule has 3 rings (SSSR count). The first-order chi connectivity index (χ1) is 12.5. The number of ether oxygens (including phenoxy) is 2. The van der Waals surface area contributed by atoms with Gasteiger partial charge in [-0.3, -0.25) is 4.79 Å². The molecule has 1 fully saturated rings. The Hall–Kier alpha value is -2.74. The van der Waals surface area contributed by atoms with Gasteiger partial charge in [-0.1, -0.05) is 19.9 Å². The van der Waals surface area contributed by atoms with Gasteiger partial charge in [0.25, 0.3) is 5.91 Å². The van der Waals surface area contributed by atoms with Crippen molar-refractivity contribution in [3.8, 4) is 5.88 Å². The van der Waals surface area contributed by atoms with Gasteiger partial charge >= 0.3 is 0 Å². The molecule has 8 nitrogen and oxygen atoms in total. The minimum absolute atomic E-state index is 0.0922. The summed E-state index contributed by atoms with van der Waals surface area (Å²) in [4.78, 5) is 25.1. The lowest BCUT2D eigenvalue weighted by molar-refractivity contribution is -0.0153. The van der Waals surface area contributed by atoms with Gasteiger partial charge in [0, 0.05) is 24.6 Å². The quantitative estimate of drug-likeness (QED) is 0.834. The first kappa shape index (κ1) is 18.1. The van der Waals surface area contributed by atoms with Crippen LogP contribution < -0.4 is 15.8 Å². The fraction of sp³-hybridized carbons (Fsp3) is 0.444. The summed E-state index contributed by atoms with van der Waals surface area (Å²) in [6, 6.07) is 6.89. The van der Waals surface area contributed by atoms with E-state index >= 15 is 0 Å². The van der Waals surface area contributed by atoms with Crippen molar-refractivity contribution in [1.29, 1.82) is 0 Å². The van der Waals surface area contributed by atoms with E-state index in [4.69, 9.17) is 15.2 Å². The highest BCUT2D eigenvalue weighted by atomic mass is 16.5. The third kappa shape index (κ3) is 4.45. The zero-order valence-electron chi connectivity index (χ0n) is 14.9. The van der Waals surface area contributed by atoms with Crippen LogP contribution in [0.15, 0.2) is 30.5 Å². The SMILES string of the molecule is CC(C)c1cc(C(=O)N[C@@H]2CCOC[C@H]2Oc2ccccn2)nc(N)n1. The third-order valence-corrected chi connectivity index (χ3v) is 4.12. The highest BCUT2D eigenvalue weighted by Crippen LogP contribution is 2.17. The Labute approximate surface area is 152 Å². The summed E-state index contributed by atoms with van der Waals surface area (Å²) in [5, 5.41) is 2.98. The van der Waals surface area contributed by atoms with Crippen molar-refractivity contribution in [3.63, 3.8) is 0 Å². The predicted molar refractivity (Wildman–Crippen MR) is 95.9 cm³/mol. The van der Waals surface area contributed by atoms with E-state index in [0.29, 0.717) is 25.5 Å². The van der Waals surface area contributed by atoms with Crippen molar-refractivity contribution in [1.82, 2.24) is 20.3 Å². The van der Waals surface area contributed by atoms with Crippen LogP contribution in [0.5, 0.6) is 5.88 Å². The molecule has 0 aromatic carbocycles. The molecule has 0 unspecified atom stereocenters. The van der Waals surface area contributed by atoms with Gasteiger partial charge in [0.2, 0.25) is 11.8 Å². The lowest BCUT2D eigenvalue weighted by atomic mass is 10.1. The molecular weight excluding hydrogens is 334 g/mol. The molecule has 1 amide bonds. The summed E-state index contributed by atoms with van der Waals surface area (Å²) in [5.74, 6) is 0.433. The van der Waals surface area contributed by atoms with E-state index in [1.807, 2.05) is 26.0 Å². The number of amides is 1. The fourth-order valence-corrected chi connectivity index (χ4v) is 2.70. The van der Waals surface area contributed by atoms with Gasteiger partial charge in [0.1, 0.15) is 11.8 Å². The van der Waals surface area contributed by atoms with Crippen LogP contribution in [-0.2, 0) is 4.74 Å². The number of aromatic nitrogens is 3. The van der Waals surface area contributed by atoms with Crippen molar-refractivity contribution < 1.29 is 14.3 Å². The number of pyridine rings is 1. The molecule has 3 heterocycles. The molecule has 0 radical (unpaired) electrons. The molecule has 2 aromatic heterocycles. The van der Waals surface area contributed by atoms with E-state index in [1.54, 1.807) is 18.3 Å². The van der Waals surface area contributed by atoms with E-state index in [1.165, 1.54) is 0 Å². The number of nitrogens with one attached hydrogen (secondary N) is 1. The number of hydrogen-bond acceptors (Lipinski definition) is 7. The van der Waals surface area contributed by atoms with Gasteiger partial charge in [0.05, 0.1) is 12.6 Å². The molecule has 0 spiro atoms. The van der Waals surface area contributed by atoms with Crippen LogP contribution in [0.2, 0.25) is 0 Å². The molecule has 3 N–H and O–H groups in total. The Kier molecular flexibility index (Phi) is 5.62. The van der Waals surface area contributed by atoms with E-state index in [-0.39, 0.29) is 35.6 Å². The zero-order valence-corrected chi connectivity index (χ0v) is 14.9. The van der Waals surface area contributed by atoms with Gasteiger partial charge in [-0.2, -0.15) is 0 Å². The molecule has 26 heavy (non-hydrogen) atoms. The molecular formula is C18H23N5O3. The summed E-state index contributed by atoms with van der Waals surface area (Å²) >= 11 is 0. The molecule has 1 saturated heterocycles. The summed E-state index contributed by atoms with van der Waals surface area (Å²) in [5.41, 5.74) is 6.73. The van der Waals surface area contributed by atoms with Gasteiger partial charge in [0.15, 0.2) is 0 Å². The topological polar surface area (TPSA) is 112 Å². The van der Waals surface area contributed by atoms with Crippen molar-refractivity contribution in [2.24, 2.45) is 0 Å². The molecule has 8 heteroatoms. The second-order valence-corrected chi connectivity index (χ2v) is 6.46. The Morgan fingerprint density at radius 2 is 2.23 bits per heavy atom. The summed E-state index contributed by atoms with van der Waals surface area (Å²) in [7, 11) is 0. The maximum Gasteiger partial charge on any atom is 0.270 e. The lowest BCUT2D eigenvalue weighted by Gasteiger charge is -2.31. The number of nitrogen functional groups attached to an aromatic ring is 1. The Morgan fingerprint density at radius 1 is 1.38 bits per heavy atom. The second-order valence-electron chi connectivity index (χ2n) is 6.46. The molecule has 138 valence electrons. The van der Waals surface area contributed by atoms with E-state index in [2.05, 4.69) is 20.3 Å². The van der Waals surface area contributed by atoms with E-state index in [0.717, 1.165) is 5.69 Å². The van der Waals surface area contributed by atoms with E-state index < -0.39 is 0 Å². The van der Waals surface area contributed by atoms with Crippen LogP contribution in [0, 0.1) is 0 Å². The van der Waals surface area contributed by atoms with Crippen molar-refractivity contribution >= 4 is 11.9 Å². The standard InChI is InChI=1S/C18H23N5O3/c1-11(2)13-9-14(23-18(19)22-13)17(24)21-12-6-8-25-10-15(12)26-16-5-3-4-7-20-16/h3-5,7,9,11-12,15H,6,8,10H2,1-2H3,(H,21,24)(H2,19,22,23)/t12-,15-/m1/s1. The number of rotatable bonds is 5. The average molecular weight is 357 g/mol. The Bertz CT molecular complexity index is 754. The van der Waals surface area contributed by atoms with Crippen LogP contribution in [0.3, 0.4) is 0 Å². The highest BCUT2D eigenvalue weighted by Gasteiger charge is 2.30. The number of nitrogens with zero attached hydrogens (tertiary/aromatic N) is 3. The van der Waals surface area contributed by atoms with E-state index in [9.17, 15) is 4.79 Å². The minimum atomic E-state index is -0.327. The summed E-state index contributed by atoms with van der Waals surface area (Å²) in [6.45, 7) is 4.90. The summed E-state index contributed by atoms with van der Waals surface area (Å²) < 4.78 is 11.4. The van der Waals surface area contributed by atoms with Crippen molar-refractivity contribution in [3.05, 3.63) is 41.9 Å². The lowest BCUT2D eigenvalue weighted by Crippen LogP contribution is -2.51. The maximum absolute atomic E-state index is 12.7. The maximum atomic E-state index is 12.7. The van der Waals surface area contributed by atoms with Crippen LogP contribution >= 0.6 is 0 Å². The largest absolute Gasteiger partial charge is 0.470 e. The minimum Gasteiger partial charge on any atom is -0.470 e. The number of anilines is 1. The van der Waals surface area contributed by atoms with Crippen LogP contribution in [0.1, 0.15) is 42.4 Å². The number of carbonyl (C=O) groups is 1. The highest BCUT2D eigenvalue weighted by molar-refractivity contribution is 5.92. The fourth-order valence-electron chi connectivity index (χ4n) is 2.70. The smallest absolute Gasteiger partial charge is 0.270 e. The van der Waals surface area contributed by atoms with Crippen molar-refractivity contribution in [2.45, 2.75) is 38.3 Å². The number of hydrogen-bond donors (Lipinski definition) is 2. The second kappa shape index (κ2) is 8.09. The van der Waals surface area contributed by atoms with Gasteiger partial charge in [-0.15, -0.1) is 0 Å². The van der Waals surface area contributed by atoms with Gasteiger partial charge in [-0.05, 0) is 24.5 Å².